The lowest BCUT2D eigenvalue weighted by Crippen LogP contribution is -2.10. The maximum atomic E-state index is 12.3. The maximum absolute atomic E-state index is 12.3. The zero-order valence-corrected chi connectivity index (χ0v) is 15.1. The first-order valence-corrected chi connectivity index (χ1v) is 9.24. The van der Waals surface area contributed by atoms with Gasteiger partial charge in [0, 0.05) is 18.6 Å². The topological polar surface area (TPSA) is 151 Å². The predicted molar refractivity (Wildman–Crippen MR) is 94.1 cm³/mol. The summed E-state index contributed by atoms with van der Waals surface area (Å²) in [7, 11) is -2.99. The summed E-state index contributed by atoms with van der Waals surface area (Å²) in [5, 5.41) is 29.6. The third-order valence-electron chi connectivity index (χ3n) is 3.61. The van der Waals surface area contributed by atoms with E-state index in [2.05, 4.69) is 0 Å². The molecule has 0 aliphatic heterocycles. The van der Waals surface area contributed by atoms with Gasteiger partial charge in [0.2, 0.25) is 5.94 Å². The Morgan fingerprint density at radius 3 is 2.19 bits per heavy atom. The Morgan fingerprint density at radius 2 is 1.67 bits per heavy atom. The molecule has 27 heavy (non-hydrogen) atoms. The fourth-order valence-corrected chi connectivity index (χ4v) is 2.66. The summed E-state index contributed by atoms with van der Waals surface area (Å²) in [4.78, 5) is 12.3. The number of hydrogen-bond acceptors (Lipinski definition) is 8. The zero-order valence-electron chi connectivity index (χ0n) is 14.2. The molecule has 0 radical (unpaired) electrons. The van der Waals surface area contributed by atoms with Crippen LogP contribution < -0.4 is 9.47 Å². The minimum Gasteiger partial charge on any atom is -0.507 e. The molecule has 2 aromatic carbocycles. The Morgan fingerprint density at radius 1 is 1.04 bits per heavy atom. The van der Waals surface area contributed by atoms with Gasteiger partial charge in [0.1, 0.15) is 22.8 Å². The molecule has 2 rings (SSSR count). The number of ether oxygens (including phenoxy) is 2. The molecule has 0 aromatic heterocycles. The van der Waals surface area contributed by atoms with Crippen molar-refractivity contribution in [3.8, 4) is 28.7 Å². The van der Waals surface area contributed by atoms with Gasteiger partial charge in [0.05, 0.1) is 7.11 Å². The number of methoxy groups -OCH3 is 1. The fraction of sp³-hybridized carbons (Fsp3) is 0.235. The average Bonchev–Trinajstić information content (AvgIpc) is 2.57. The minimum atomic E-state index is -4.40. The number of ketones is 1. The molecule has 0 heterocycles. The second-order valence-electron chi connectivity index (χ2n) is 5.61. The van der Waals surface area contributed by atoms with Gasteiger partial charge in [-0.05, 0) is 24.1 Å². The van der Waals surface area contributed by atoms with E-state index in [1.807, 2.05) is 0 Å². The van der Waals surface area contributed by atoms with E-state index in [9.17, 15) is 28.5 Å². The number of hydrogen-bond donors (Lipinski definition) is 4. The molecule has 0 spiro atoms. The van der Waals surface area contributed by atoms with Crippen molar-refractivity contribution < 1.29 is 42.6 Å². The standard InChI is InChI=1S/C17H18O9S/c1-25-16-5-3-10(6-13(16)19)2-4-12(18)17-14(20)7-11(8-15(17)21)26-9-27(22,23)24/h3,5-8,19-21H,2,4,9H2,1H3,(H,22,23,24). The van der Waals surface area contributed by atoms with Crippen LogP contribution in [0.1, 0.15) is 22.3 Å². The smallest absolute Gasteiger partial charge is 0.300 e. The molecule has 9 nitrogen and oxygen atoms in total. The van der Waals surface area contributed by atoms with Gasteiger partial charge in [-0.2, -0.15) is 8.42 Å². The third-order valence-corrected chi connectivity index (χ3v) is 4.02. The van der Waals surface area contributed by atoms with E-state index in [0.717, 1.165) is 12.1 Å². The van der Waals surface area contributed by atoms with E-state index < -0.39 is 33.3 Å². The first-order chi connectivity index (χ1) is 12.6. The van der Waals surface area contributed by atoms with Crippen LogP contribution in [0.15, 0.2) is 30.3 Å². The fourth-order valence-electron chi connectivity index (χ4n) is 2.37. The molecule has 0 amide bonds. The van der Waals surface area contributed by atoms with Crippen LogP contribution in [0.3, 0.4) is 0 Å². The quantitative estimate of drug-likeness (QED) is 0.386. The summed E-state index contributed by atoms with van der Waals surface area (Å²) in [5.41, 5.74) is 0.306. The van der Waals surface area contributed by atoms with E-state index in [-0.39, 0.29) is 29.9 Å². The predicted octanol–water partition coefficient (Wildman–Crippen LogP) is 1.85. The second kappa shape index (κ2) is 8.14. The van der Waals surface area contributed by atoms with Crippen molar-refractivity contribution in [2.75, 3.05) is 13.0 Å². The summed E-state index contributed by atoms with van der Waals surface area (Å²) < 4.78 is 39.6. The monoisotopic (exact) mass is 398 g/mol. The van der Waals surface area contributed by atoms with Crippen LogP contribution in [0.25, 0.3) is 0 Å². The SMILES string of the molecule is COc1ccc(CCC(=O)c2c(O)cc(OCS(=O)(=O)O)cc2O)cc1O. The Kier molecular flexibility index (Phi) is 6.13. The highest BCUT2D eigenvalue weighted by Gasteiger charge is 2.19. The summed E-state index contributed by atoms with van der Waals surface area (Å²) in [6.07, 6.45) is 0.161. The lowest BCUT2D eigenvalue weighted by atomic mass is 10.0. The molecule has 0 aliphatic rings. The zero-order chi connectivity index (χ0) is 20.2. The second-order valence-corrected chi connectivity index (χ2v) is 7.01. The van der Waals surface area contributed by atoms with Gasteiger partial charge in [-0.15, -0.1) is 0 Å². The van der Waals surface area contributed by atoms with Crippen molar-refractivity contribution in [3.05, 3.63) is 41.5 Å². The summed E-state index contributed by atoms with van der Waals surface area (Å²) in [6.45, 7) is 0. The Bertz CT molecular complexity index is 928. The molecule has 10 heteroatoms. The van der Waals surface area contributed by atoms with Crippen molar-refractivity contribution >= 4 is 15.9 Å². The molecular weight excluding hydrogens is 380 g/mol. The first-order valence-electron chi connectivity index (χ1n) is 7.63. The molecule has 0 saturated heterocycles. The van der Waals surface area contributed by atoms with Gasteiger partial charge >= 0.3 is 10.1 Å². The van der Waals surface area contributed by atoms with Gasteiger partial charge in [-0.25, -0.2) is 0 Å². The van der Waals surface area contributed by atoms with Crippen LogP contribution in [-0.2, 0) is 16.5 Å². The number of Topliss-reactive ketones (excluding diaryl/α,β-unsaturated/α-hetero) is 1. The average molecular weight is 398 g/mol. The highest BCUT2D eigenvalue weighted by molar-refractivity contribution is 7.85. The van der Waals surface area contributed by atoms with E-state index in [0.29, 0.717) is 11.3 Å². The highest BCUT2D eigenvalue weighted by atomic mass is 32.2. The molecule has 2 aromatic rings. The van der Waals surface area contributed by atoms with Crippen molar-refractivity contribution in [1.29, 1.82) is 0 Å². The molecular formula is C17H18O9S. The van der Waals surface area contributed by atoms with Crippen molar-refractivity contribution in [2.24, 2.45) is 0 Å². The Hall–Kier alpha value is -2.98. The van der Waals surface area contributed by atoms with Gasteiger partial charge in [-0.3, -0.25) is 9.35 Å². The molecule has 0 atom stereocenters. The number of aryl methyl sites for hydroxylation is 1. The molecule has 0 fully saturated rings. The highest BCUT2D eigenvalue weighted by Crippen LogP contribution is 2.34. The molecule has 0 saturated carbocycles. The lowest BCUT2D eigenvalue weighted by Gasteiger charge is -2.10. The number of benzene rings is 2. The number of phenolic OH excluding ortho intramolecular Hbond substituents is 3. The largest absolute Gasteiger partial charge is 0.507 e. The minimum absolute atomic E-state index is 0.0713. The van der Waals surface area contributed by atoms with Crippen molar-refractivity contribution in [3.63, 3.8) is 0 Å². The van der Waals surface area contributed by atoms with Gasteiger partial charge in [0.15, 0.2) is 17.3 Å². The van der Waals surface area contributed by atoms with Gasteiger partial charge in [-0.1, -0.05) is 6.07 Å². The van der Waals surface area contributed by atoms with E-state index in [1.165, 1.54) is 13.2 Å². The van der Waals surface area contributed by atoms with E-state index in [1.54, 1.807) is 12.1 Å². The summed E-state index contributed by atoms with van der Waals surface area (Å²) in [6, 6.07) is 6.57. The van der Waals surface area contributed by atoms with E-state index in [4.69, 9.17) is 14.0 Å². The van der Waals surface area contributed by atoms with Crippen LogP contribution in [0, 0.1) is 0 Å². The number of carbonyl (C=O) groups excluding carboxylic acids is 1. The maximum Gasteiger partial charge on any atom is 0.300 e. The summed E-state index contributed by atoms with van der Waals surface area (Å²) >= 11 is 0. The molecule has 146 valence electrons. The van der Waals surface area contributed by atoms with Crippen LogP contribution in [0.5, 0.6) is 28.7 Å². The normalized spacial score (nSPS) is 11.2. The third kappa shape index (κ3) is 5.50. The Balaban J connectivity index is 2.10. The van der Waals surface area contributed by atoms with Crippen LogP contribution in [0.4, 0.5) is 0 Å². The first kappa shape index (κ1) is 20.3. The van der Waals surface area contributed by atoms with Crippen molar-refractivity contribution in [2.45, 2.75) is 12.8 Å². The van der Waals surface area contributed by atoms with Crippen LogP contribution >= 0.6 is 0 Å². The van der Waals surface area contributed by atoms with E-state index >= 15 is 0 Å². The van der Waals surface area contributed by atoms with Crippen LogP contribution in [0.2, 0.25) is 0 Å². The Labute approximate surface area is 155 Å². The van der Waals surface area contributed by atoms with Crippen molar-refractivity contribution in [1.82, 2.24) is 0 Å². The van der Waals surface area contributed by atoms with Gasteiger partial charge < -0.3 is 24.8 Å². The number of carbonyl (C=O) groups is 1. The van der Waals surface area contributed by atoms with Crippen LogP contribution in [-0.4, -0.2) is 47.1 Å². The number of rotatable bonds is 8. The number of phenols is 3. The number of aromatic hydroxyl groups is 3. The lowest BCUT2D eigenvalue weighted by molar-refractivity contribution is 0.0977. The molecule has 4 N–H and O–H groups in total. The molecule has 0 aliphatic carbocycles. The van der Waals surface area contributed by atoms with Gasteiger partial charge in [0.25, 0.3) is 0 Å². The summed E-state index contributed by atoms with van der Waals surface area (Å²) in [5.74, 6) is -2.85. The molecule has 0 bridgehead atoms. The molecule has 0 unspecified atom stereocenters.